The number of aromatic nitrogens is 1. The van der Waals surface area contributed by atoms with Gasteiger partial charge in [0.25, 0.3) is 0 Å². The fraction of sp³-hybridized carbons (Fsp3) is 0.708. The first-order valence-corrected chi connectivity index (χ1v) is 11.0. The first-order chi connectivity index (χ1) is 12.4. The summed E-state index contributed by atoms with van der Waals surface area (Å²) in [5.74, 6) is 0. The molecule has 0 spiro atoms. The number of nitrogens with zero attached hydrogens (tertiary/aromatic N) is 1. The number of hydrogen-bond acceptors (Lipinski definition) is 1. The van der Waals surface area contributed by atoms with E-state index in [-0.39, 0.29) is 0 Å². The molecule has 1 rings (SSSR count). The zero-order valence-electron chi connectivity index (χ0n) is 16.7. The molecule has 0 aliphatic heterocycles. The van der Waals surface area contributed by atoms with Crippen LogP contribution in [0.4, 0.5) is 0 Å². The Labute approximate surface area is 157 Å². The normalized spacial score (nSPS) is 11.4. The lowest BCUT2D eigenvalue weighted by Gasteiger charge is -2.02. The molecule has 0 N–H and O–H groups in total. The van der Waals surface area contributed by atoms with E-state index in [0.29, 0.717) is 0 Å². The third-order valence-electron chi connectivity index (χ3n) is 4.92. The summed E-state index contributed by atoms with van der Waals surface area (Å²) in [6.07, 6.45) is 28.6. The average molecular weight is 344 g/mol. The van der Waals surface area contributed by atoms with Crippen molar-refractivity contribution < 1.29 is 0 Å². The minimum Gasteiger partial charge on any atom is -0.261 e. The number of rotatable bonds is 17. The van der Waals surface area contributed by atoms with Crippen LogP contribution in [-0.2, 0) is 6.42 Å². The van der Waals surface area contributed by atoms with Crippen LogP contribution in [0.1, 0.15) is 109 Å². The van der Waals surface area contributed by atoms with E-state index in [9.17, 15) is 0 Å². The molecule has 0 saturated heterocycles. The molecule has 0 aliphatic carbocycles. The molecule has 0 saturated carbocycles. The van der Waals surface area contributed by atoms with Gasteiger partial charge in [-0.2, -0.15) is 0 Å². The Bertz CT molecular complexity index is 396. The van der Waals surface area contributed by atoms with Gasteiger partial charge in [-0.1, -0.05) is 95.8 Å². The van der Waals surface area contributed by atoms with Crippen molar-refractivity contribution in [2.24, 2.45) is 0 Å². The van der Waals surface area contributed by atoms with E-state index >= 15 is 0 Å². The Morgan fingerprint density at radius 2 is 1.24 bits per heavy atom. The highest BCUT2D eigenvalue weighted by Crippen LogP contribution is 2.12. The molecule has 1 nitrogen and oxygen atoms in total. The van der Waals surface area contributed by atoms with Gasteiger partial charge < -0.3 is 0 Å². The number of allylic oxidation sites excluding steroid dienone is 2. The second-order valence-corrected chi connectivity index (χ2v) is 7.36. The number of unbranched alkanes of at least 4 members (excludes halogenated alkanes) is 13. The second-order valence-electron chi connectivity index (χ2n) is 7.36. The maximum absolute atomic E-state index is 4.37. The SMILES string of the molecule is CCCCCCCCCCCCCCC=CCCCc1ccccn1. The molecule has 1 heterocycles. The molecular weight excluding hydrogens is 302 g/mol. The Morgan fingerprint density at radius 3 is 1.80 bits per heavy atom. The summed E-state index contributed by atoms with van der Waals surface area (Å²) in [5, 5.41) is 0. The van der Waals surface area contributed by atoms with Gasteiger partial charge in [0.1, 0.15) is 0 Å². The molecule has 1 aromatic rings. The van der Waals surface area contributed by atoms with Gasteiger partial charge in [-0.3, -0.25) is 4.98 Å². The highest BCUT2D eigenvalue weighted by atomic mass is 14.7. The van der Waals surface area contributed by atoms with Crippen LogP contribution >= 0.6 is 0 Å². The van der Waals surface area contributed by atoms with Crippen molar-refractivity contribution in [3.05, 3.63) is 42.2 Å². The summed E-state index contributed by atoms with van der Waals surface area (Å²) in [7, 11) is 0. The Morgan fingerprint density at radius 1 is 0.680 bits per heavy atom. The van der Waals surface area contributed by atoms with E-state index in [0.717, 1.165) is 6.42 Å². The first-order valence-electron chi connectivity index (χ1n) is 11.0. The van der Waals surface area contributed by atoms with E-state index in [4.69, 9.17) is 0 Å². The third-order valence-corrected chi connectivity index (χ3v) is 4.92. The molecule has 0 amide bonds. The maximum Gasteiger partial charge on any atom is 0.0403 e. The summed E-state index contributed by atoms with van der Waals surface area (Å²) in [4.78, 5) is 4.37. The molecule has 0 aliphatic rings. The quantitative estimate of drug-likeness (QED) is 0.206. The van der Waals surface area contributed by atoms with Crippen LogP contribution in [0.15, 0.2) is 36.5 Å². The number of pyridine rings is 1. The molecule has 0 fully saturated rings. The summed E-state index contributed by atoms with van der Waals surface area (Å²) < 4.78 is 0. The van der Waals surface area contributed by atoms with Gasteiger partial charge in [-0.25, -0.2) is 0 Å². The zero-order chi connectivity index (χ0) is 17.8. The van der Waals surface area contributed by atoms with Gasteiger partial charge >= 0.3 is 0 Å². The van der Waals surface area contributed by atoms with Gasteiger partial charge in [-0.15, -0.1) is 0 Å². The summed E-state index contributed by atoms with van der Waals surface area (Å²) in [6, 6.07) is 6.18. The number of aryl methyl sites for hydroxylation is 1. The fourth-order valence-corrected chi connectivity index (χ4v) is 3.29. The van der Waals surface area contributed by atoms with E-state index in [2.05, 4.69) is 36.2 Å². The Kier molecular flexibility index (Phi) is 15.5. The van der Waals surface area contributed by atoms with Crippen molar-refractivity contribution in [1.82, 2.24) is 4.98 Å². The predicted molar refractivity (Wildman–Crippen MR) is 112 cm³/mol. The molecule has 0 aromatic carbocycles. The van der Waals surface area contributed by atoms with Crippen molar-refractivity contribution in [2.75, 3.05) is 0 Å². The molecule has 0 radical (unpaired) electrons. The van der Waals surface area contributed by atoms with Crippen molar-refractivity contribution >= 4 is 0 Å². The largest absolute Gasteiger partial charge is 0.261 e. The van der Waals surface area contributed by atoms with Crippen LogP contribution in [-0.4, -0.2) is 4.98 Å². The predicted octanol–water partition coefficient (Wildman–Crippen LogP) is 8.05. The summed E-state index contributed by atoms with van der Waals surface area (Å²) >= 11 is 0. The van der Waals surface area contributed by atoms with Crippen LogP contribution in [0.2, 0.25) is 0 Å². The van der Waals surface area contributed by atoms with Crippen molar-refractivity contribution in [3.63, 3.8) is 0 Å². The zero-order valence-corrected chi connectivity index (χ0v) is 16.7. The molecule has 1 heteroatoms. The average Bonchev–Trinajstić information content (AvgIpc) is 2.65. The summed E-state index contributed by atoms with van der Waals surface area (Å²) in [5.41, 5.74) is 1.22. The van der Waals surface area contributed by atoms with E-state index in [1.165, 1.54) is 102 Å². The summed E-state index contributed by atoms with van der Waals surface area (Å²) in [6.45, 7) is 2.29. The molecule has 0 bridgehead atoms. The maximum atomic E-state index is 4.37. The molecule has 0 atom stereocenters. The third kappa shape index (κ3) is 14.9. The van der Waals surface area contributed by atoms with E-state index in [1.54, 1.807) is 0 Å². The van der Waals surface area contributed by atoms with Crippen LogP contribution in [0, 0.1) is 0 Å². The first kappa shape index (κ1) is 21.9. The molecule has 142 valence electrons. The van der Waals surface area contributed by atoms with Crippen molar-refractivity contribution in [3.8, 4) is 0 Å². The van der Waals surface area contributed by atoms with Crippen molar-refractivity contribution in [1.29, 1.82) is 0 Å². The van der Waals surface area contributed by atoms with Gasteiger partial charge in [-0.05, 0) is 44.2 Å². The van der Waals surface area contributed by atoms with Crippen LogP contribution < -0.4 is 0 Å². The lowest BCUT2D eigenvalue weighted by atomic mass is 10.0. The van der Waals surface area contributed by atoms with E-state index < -0.39 is 0 Å². The van der Waals surface area contributed by atoms with Gasteiger partial charge in [0.15, 0.2) is 0 Å². The lowest BCUT2D eigenvalue weighted by Crippen LogP contribution is -1.87. The van der Waals surface area contributed by atoms with Gasteiger partial charge in [0.05, 0.1) is 0 Å². The Balaban J connectivity index is 1.75. The van der Waals surface area contributed by atoms with Crippen LogP contribution in [0.3, 0.4) is 0 Å². The second kappa shape index (κ2) is 17.7. The molecule has 25 heavy (non-hydrogen) atoms. The minimum absolute atomic E-state index is 1.10. The fourth-order valence-electron chi connectivity index (χ4n) is 3.29. The minimum atomic E-state index is 1.10. The highest BCUT2D eigenvalue weighted by Gasteiger charge is 1.93. The standard InChI is InChI=1S/C24H41N/c1-2-3-4-5-6-7-8-9-10-11-12-13-14-15-16-17-18-21-24-22-19-20-23-25-24/h15-16,19-20,22-23H,2-14,17-18,21H2,1H3. The van der Waals surface area contributed by atoms with Gasteiger partial charge in [0.2, 0.25) is 0 Å². The molecular formula is C24H41N. The van der Waals surface area contributed by atoms with Gasteiger partial charge in [0, 0.05) is 11.9 Å². The lowest BCUT2D eigenvalue weighted by molar-refractivity contribution is 0.545. The Hall–Kier alpha value is -1.11. The molecule has 1 aromatic heterocycles. The monoisotopic (exact) mass is 343 g/mol. The van der Waals surface area contributed by atoms with Crippen LogP contribution in [0.5, 0.6) is 0 Å². The smallest absolute Gasteiger partial charge is 0.0403 e. The van der Waals surface area contributed by atoms with Crippen LogP contribution in [0.25, 0.3) is 0 Å². The topological polar surface area (TPSA) is 12.9 Å². The van der Waals surface area contributed by atoms with E-state index in [1.807, 2.05) is 12.3 Å². The van der Waals surface area contributed by atoms with Crippen molar-refractivity contribution in [2.45, 2.75) is 110 Å². The molecule has 0 unspecified atom stereocenters. The number of hydrogen-bond donors (Lipinski definition) is 0. The highest BCUT2D eigenvalue weighted by molar-refractivity contribution is 5.03.